The van der Waals surface area contributed by atoms with Gasteiger partial charge in [0.05, 0.1) is 0 Å². The van der Waals surface area contributed by atoms with Crippen LogP contribution in [0.3, 0.4) is 0 Å². The van der Waals surface area contributed by atoms with Crippen LogP contribution in [0.4, 0.5) is 0 Å². The minimum Gasteiger partial charge on any atom is -0.280 e. The zero-order chi connectivity index (χ0) is 13.9. The molecule has 0 saturated heterocycles. The minimum absolute atomic E-state index is 0.166. The number of thiophene rings is 1. The van der Waals surface area contributed by atoms with E-state index in [1.54, 1.807) is 17.5 Å². The Kier molecular flexibility index (Phi) is 4.40. The molecule has 0 unspecified atom stereocenters. The second kappa shape index (κ2) is 5.87. The fraction of sp³-hybridized carbons (Fsp3) is 0.143. The summed E-state index contributed by atoms with van der Waals surface area (Å²) in [4.78, 5) is 24.3. The van der Waals surface area contributed by atoms with Gasteiger partial charge in [-0.1, -0.05) is 36.4 Å². The van der Waals surface area contributed by atoms with Gasteiger partial charge in [0.2, 0.25) is 10.5 Å². The second-order valence-corrected chi connectivity index (χ2v) is 5.73. The number of benzene rings is 1. The Morgan fingerprint density at radius 1 is 1.00 bits per heavy atom. The highest BCUT2D eigenvalue weighted by molar-refractivity contribution is 7.10. The smallest absolute Gasteiger partial charge is 0.242 e. The molecular formula is C14H10Cl2O2S. The van der Waals surface area contributed by atoms with E-state index >= 15 is 0 Å². The standard InChI is InChI=1S/C14H10Cl2O2S/c15-12(17)14(13(16)18,11-7-4-8-19-11)9-10-5-2-1-3-6-10/h1-8H,9H2. The van der Waals surface area contributed by atoms with Gasteiger partial charge in [-0.2, -0.15) is 0 Å². The molecule has 2 rings (SSSR count). The zero-order valence-corrected chi connectivity index (χ0v) is 12.1. The number of carbonyl (C=O) groups excluding carboxylic acids is 2. The molecule has 1 aromatic carbocycles. The van der Waals surface area contributed by atoms with Crippen LogP contribution in [0.1, 0.15) is 10.4 Å². The molecule has 0 radical (unpaired) electrons. The Bertz CT molecular complexity index is 565. The van der Waals surface area contributed by atoms with Gasteiger partial charge >= 0.3 is 0 Å². The van der Waals surface area contributed by atoms with Crippen molar-refractivity contribution in [3.8, 4) is 0 Å². The highest BCUT2D eigenvalue weighted by Crippen LogP contribution is 2.36. The molecule has 0 amide bonds. The van der Waals surface area contributed by atoms with Crippen LogP contribution in [-0.2, 0) is 21.4 Å². The average molecular weight is 313 g/mol. The van der Waals surface area contributed by atoms with Gasteiger partial charge in [-0.25, -0.2) is 0 Å². The van der Waals surface area contributed by atoms with Crippen LogP contribution >= 0.6 is 34.5 Å². The van der Waals surface area contributed by atoms with Gasteiger partial charge in [-0.15, -0.1) is 11.3 Å². The summed E-state index contributed by atoms with van der Waals surface area (Å²) in [5.74, 6) is 0. The SMILES string of the molecule is O=C(Cl)C(Cc1ccccc1)(C(=O)Cl)c1cccs1. The van der Waals surface area contributed by atoms with Crippen LogP contribution < -0.4 is 0 Å². The summed E-state index contributed by atoms with van der Waals surface area (Å²) in [6.07, 6.45) is 0.166. The first kappa shape index (κ1) is 14.3. The summed E-state index contributed by atoms with van der Waals surface area (Å²) < 4.78 is 0. The predicted molar refractivity (Wildman–Crippen MR) is 77.9 cm³/mol. The second-order valence-electron chi connectivity index (χ2n) is 4.09. The fourth-order valence-electron chi connectivity index (χ4n) is 1.92. The number of rotatable bonds is 5. The van der Waals surface area contributed by atoms with Crippen LogP contribution in [0.15, 0.2) is 47.8 Å². The quantitative estimate of drug-likeness (QED) is 0.622. The lowest BCUT2D eigenvalue weighted by atomic mass is 9.82. The van der Waals surface area contributed by atoms with E-state index in [9.17, 15) is 9.59 Å². The molecule has 0 fully saturated rings. The van der Waals surface area contributed by atoms with E-state index in [1.165, 1.54) is 11.3 Å². The normalized spacial score (nSPS) is 11.3. The first-order valence-electron chi connectivity index (χ1n) is 5.55. The van der Waals surface area contributed by atoms with Crippen molar-refractivity contribution in [1.82, 2.24) is 0 Å². The molecule has 2 aromatic rings. The molecule has 0 N–H and O–H groups in total. The monoisotopic (exact) mass is 312 g/mol. The summed E-state index contributed by atoms with van der Waals surface area (Å²) >= 11 is 12.7. The molecule has 1 heterocycles. The van der Waals surface area contributed by atoms with E-state index in [1.807, 2.05) is 30.3 Å². The van der Waals surface area contributed by atoms with Gasteiger partial charge in [0.1, 0.15) is 0 Å². The molecule has 1 aromatic heterocycles. The summed E-state index contributed by atoms with van der Waals surface area (Å²) in [6.45, 7) is 0. The molecule has 5 heteroatoms. The van der Waals surface area contributed by atoms with Crippen molar-refractivity contribution >= 4 is 45.0 Å². The van der Waals surface area contributed by atoms with Crippen LogP contribution in [0.25, 0.3) is 0 Å². The Morgan fingerprint density at radius 3 is 2.11 bits per heavy atom. The Balaban J connectivity index is 2.51. The van der Waals surface area contributed by atoms with Gasteiger partial charge in [0.15, 0.2) is 5.41 Å². The lowest BCUT2D eigenvalue weighted by Gasteiger charge is -2.24. The van der Waals surface area contributed by atoms with Crippen molar-refractivity contribution < 1.29 is 9.59 Å². The number of hydrogen-bond acceptors (Lipinski definition) is 3. The summed E-state index contributed by atoms with van der Waals surface area (Å²) in [6, 6.07) is 12.7. The van der Waals surface area contributed by atoms with Gasteiger partial charge in [0, 0.05) is 4.88 Å². The van der Waals surface area contributed by atoms with Crippen LogP contribution in [0, 0.1) is 0 Å². The molecule has 0 bridgehead atoms. The molecule has 0 aliphatic carbocycles. The maximum atomic E-state index is 11.9. The maximum absolute atomic E-state index is 11.9. The van der Waals surface area contributed by atoms with Gasteiger partial charge < -0.3 is 0 Å². The molecule has 0 aliphatic heterocycles. The molecule has 0 spiro atoms. The third kappa shape index (κ3) is 2.73. The van der Waals surface area contributed by atoms with E-state index in [0.29, 0.717) is 4.88 Å². The van der Waals surface area contributed by atoms with Crippen LogP contribution in [0.2, 0.25) is 0 Å². The maximum Gasteiger partial charge on any atom is 0.242 e. The van der Waals surface area contributed by atoms with E-state index in [0.717, 1.165) is 5.56 Å². The average Bonchev–Trinajstić information content (AvgIpc) is 2.90. The third-order valence-electron chi connectivity index (χ3n) is 2.92. The highest BCUT2D eigenvalue weighted by Gasteiger charge is 2.46. The highest BCUT2D eigenvalue weighted by atomic mass is 35.5. The first-order chi connectivity index (χ1) is 9.07. The van der Waals surface area contributed by atoms with Crippen molar-refractivity contribution in [2.45, 2.75) is 11.8 Å². The number of carbonyl (C=O) groups is 2. The number of hydrogen-bond donors (Lipinski definition) is 0. The van der Waals surface area contributed by atoms with E-state index in [2.05, 4.69) is 0 Å². The number of halogens is 2. The van der Waals surface area contributed by atoms with Gasteiger partial charge in [0.25, 0.3) is 0 Å². The van der Waals surface area contributed by atoms with Gasteiger partial charge in [-0.3, -0.25) is 9.59 Å². The van der Waals surface area contributed by atoms with E-state index in [-0.39, 0.29) is 6.42 Å². The molecule has 0 aliphatic rings. The van der Waals surface area contributed by atoms with E-state index < -0.39 is 15.9 Å². The molecular weight excluding hydrogens is 303 g/mol. The summed E-state index contributed by atoms with van der Waals surface area (Å²) in [7, 11) is 0. The molecule has 2 nitrogen and oxygen atoms in total. The minimum atomic E-state index is -1.50. The summed E-state index contributed by atoms with van der Waals surface area (Å²) in [5.41, 5.74) is -0.669. The third-order valence-corrected chi connectivity index (χ3v) is 4.60. The Hall–Kier alpha value is -1.16. The van der Waals surface area contributed by atoms with Crippen molar-refractivity contribution in [2.24, 2.45) is 0 Å². The van der Waals surface area contributed by atoms with Crippen molar-refractivity contribution in [1.29, 1.82) is 0 Å². The largest absolute Gasteiger partial charge is 0.280 e. The van der Waals surface area contributed by atoms with Crippen LogP contribution in [-0.4, -0.2) is 10.5 Å². The topological polar surface area (TPSA) is 34.1 Å². The van der Waals surface area contributed by atoms with Crippen LogP contribution in [0.5, 0.6) is 0 Å². The Morgan fingerprint density at radius 2 is 1.63 bits per heavy atom. The van der Waals surface area contributed by atoms with E-state index in [4.69, 9.17) is 23.2 Å². The van der Waals surface area contributed by atoms with Crippen molar-refractivity contribution in [3.05, 3.63) is 58.3 Å². The summed E-state index contributed by atoms with van der Waals surface area (Å²) in [5, 5.41) is 0.284. The first-order valence-corrected chi connectivity index (χ1v) is 7.18. The van der Waals surface area contributed by atoms with Crippen molar-refractivity contribution in [3.63, 3.8) is 0 Å². The van der Waals surface area contributed by atoms with Crippen molar-refractivity contribution in [2.75, 3.05) is 0 Å². The molecule has 0 atom stereocenters. The Labute approximate surface area is 125 Å². The fourth-order valence-corrected chi connectivity index (χ4v) is 3.51. The zero-order valence-electron chi connectivity index (χ0n) is 9.81. The predicted octanol–water partition coefficient (Wildman–Crippen LogP) is 3.76. The lowest BCUT2D eigenvalue weighted by Crippen LogP contribution is -2.40. The molecule has 0 saturated carbocycles. The molecule has 98 valence electrons. The molecule has 19 heavy (non-hydrogen) atoms. The van der Waals surface area contributed by atoms with Gasteiger partial charge in [-0.05, 0) is 46.6 Å². The lowest BCUT2D eigenvalue weighted by molar-refractivity contribution is -0.126.